The van der Waals surface area contributed by atoms with Crippen LogP contribution in [0.4, 0.5) is 5.69 Å². The second kappa shape index (κ2) is 7.74. The van der Waals surface area contributed by atoms with Gasteiger partial charge in [-0.2, -0.15) is 5.10 Å². The van der Waals surface area contributed by atoms with Gasteiger partial charge in [-0.3, -0.25) is 9.59 Å². The number of carboxylic acid groups (broad SMARTS) is 1. The van der Waals surface area contributed by atoms with Gasteiger partial charge in [-0.25, -0.2) is 10.2 Å². The molecule has 1 aliphatic heterocycles. The molecule has 0 unspecified atom stereocenters. The molecule has 2 aromatic rings. The molecule has 0 bridgehead atoms. The summed E-state index contributed by atoms with van der Waals surface area (Å²) in [6.45, 7) is 1.22. The Hall–Kier alpha value is -2.95. The summed E-state index contributed by atoms with van der Waals surface area (Å²) in [5.74, 6) is -1.77. The lowest BCUT2D eigenvalue weighted by atomic mass is 10.1. The van der Waals surface area contributed by atoms with Crippen molar-refractivity contribution in [2.75, 3.05) is 11.9 Å². The number of fused-ring (bicyclic) bond motifs is 1. The van der Waals surface area contributed by atoms with Crippen molar-refractivity contribution in [2.24, 2.45) is 5.10 Å². The molecular formula is C18H14IN3O5. The largest absolute Gasteiger partial charge is 0.483 e. The van der Waals surface area contributed by atoms with Crippen molar-refractivity contribution in [1.82, 2.24) is 5.43 Å². The van der Waals surface area contributed by atoms with Crippen LogP contribution in [-0.2, 0) is 9.59 Å². The molecule has 2 aromatic carbocycles. The summed E-state index contributed by atoms with van der Waals surface area (Å²) in [7, 11) is 0. The minimum atomic E-state index is -1.07. The molecule has 9 heteroatoms. The van der Waals surface area contributed by atoms with Crippen LogP contribution in [0.25, 0.3) is 0 Å². The molecule has 0 saturated carbocycles. The fourth-order valence-electron chi connectivity index (χ4n) is 2.53. The maximum atomic E-state index is 12.0. The standard InChI is InChI=1S/C18H14IN3O5/c1-9-11(18(25)26)3-2-4-14(9)27-8-15(23)21-22-16-12-7-10(19)5-6-13(12)20-17(16)24/h2-7H,8H2,1H3,(H,21,23)(H,25,26)(H,20,22,24). The van der Waals surface area contributed by atoms with Gasteiger partial charge in [0.05, 0.1) is 11.3 Å². The molecule has 8 nitrogen and oxygen atoms in total. The van der Waals surface area contributed by atoms with Crippen LogP contribution in [0.5, 0.6) is 5.75 Å². The number of nitrogens with zero attached hydrogens (tertiary/aromatic N) is 1. The number of hydrazone groups is 1. The lowest BCUT2D eigenvalue weighted by Crippen LogP contribution is -2.27. The molecule has 2 amide bonds. The van der Waals surface area contributed by atoms with Crippen molar-refractivity contribution in [2.45, 2.75) is 6.92 Å². The summed E-state index contributed by atoms with van der Waals surface area (Å²) in [5.41, 5.74) is 4.16. The Labute approximate surface area is 167 Å². The van der Waals surface area contributed by atoms with Crippen LogP contribution < -0.4 is 15.5 Å². The van der Waals surface area contributed by atoms with Crippen LogP contribution in [0.2, 0.25) is 0 Å². The van der Waals surface area contributed by atoms with Crippen LogP contribution in [0.15, 0.2) is 41.5 Å². The summed E-state index contributed by atoms with van der Waals surface area (Å²) < 4.78 is 6.30. The van der Waals surface area contributed by atoms with Crippen molar-refractivity contribution in [3.63, 3.8) is 0 Å². The number of hydrogen-bond acceptors (Lipinski definition) is 5. The second-order valence-electron chi connectivity index (χ2n) is 5.66. The van der Waals surface area contributed by atoms with Gasteiger partial charge in [0.2, 0.25) is 0 Å². The zero-order valence-electron chi connectivity index (χ0n) is 14.1. The summed E-state index contributed by atoms with van der Waals surface area (Å²) in [6.07, 6.45) is 0. The highest BCUT2D eigenvalue weighted by molar-refractivity contribution is 14.1. The van der Waals surface area contributed by atoms with Gasteiger partial charge >= 0.3 is 5.97 Å². The van der Waals surface area contributed by atoms with Crippen molar-refractivity contribution in [3.8, 4) is 5.75 Å². The molecule has 0 atom stereocenters. The van der Waals surface area contributed by atoms with Crippen molar-refractivity contribution < 1.29 is 24.2 Å². The number of anilines is 1. The van der Waals surface area contributed by atoms with E-state index in [-0.39, 0.29) is 23.6 Å². The predicted molar refractivity (Wildman–Crippen MR) is 106 cm³/mol. The molecule has 0 spiro atoms. The third-order valence-electron chi connectivity index (χ3n) is 3.87. The molecule has 138 valence electrons. The number of rotatable bonds is 5. The second-order valence-corrected chi connectivity index (χ2v) is 6.91. The molecule has 0 radical (unpaired) electrons. The van der Waals surface area contributed by atoms with Gasteiger partial charge < -0.3 is 15.2 Å². The first-order valence-electron chi connectivity index (χ1n) is 7.80. The minimum Gasteiger partial charge on any atom is -0.483 e. The van der Waals surface area contributed by atoms with Gasteiger partial charge in [0.25, 0.3) is 11.8 Å². The van der Waals surface area contributed by atoms with E-state index in [0.29, 0.717) is 16.8 Å². The first-order chi connectivity index (χ1) is 12.9. The number of benzene rings is 2. The Balaban J connectivity index is 1.67. The molecule has 1 heterocycles. The van der Waals surface area contributed by atoms with Crippen molar-refractivity contribution >= 4 is 51.8 Å². The van der Waals surface area contributed by atoms with Crippen LogP contribution in [0.3, 0.4) is 0 Å². The lowest BCUT2D eigenvalue weighted by Gasteiger charge is -2.10. The highest BCUT2D eigenvalue weighted by Crippen LogP contribution is 2.25. The van der Waals surface area contributed by atoms with E-state index < -0.39 is 17.8 Å². The molecule has 0 fully saturated rings. The molecule has 3 rings (SSSR count). The lowest BCUT2D eigenvalue weighted by molar-refractivity contribution is -0.123. The maximum absolute atomic E-state index is 12.0. The monoisotopic (exact) mass is 479 g/mol. The van der Waals surface area contributed by atoms with Crippen LogP contribution in [0, 0.1) is 10.5 Å². The number of nitrogens with one attached hydrogen (secondary N) is 2. The molecule has 0 aromatic heterocycles. The van der Waals surface area contributed by atoms with Gasteiger partial charge in [-0.15, -0.1) is 0 Å². The highest BCUT2D eigenvalue weighted by atomic mass is 127. The fourth-order valence-corrected chi connectivity index (χ4v) is 3.02. The van der Waals surface area contributed by atoms with E-state index in [0.717, 1.165) is 3.57 Å². The number of carbonyl (C=O) groups excluding carboxylic acids is 2. The van der Waals surface area contributed by atoms with Crippen LogP contribution in [-0.4, -0.2) is 35.2 Å². The smallest absolute Gasteiger partial charge is 0.336 e. The summed E-state index contributed by atoms with van der Waals surface area (Å²) in [4.78, 5) is 35.1. The van der Waals surface area contributed by atoms with E-state index in [1.165, 1.54) is 12.1 Å². The number of aromatic carboxylic acids is 1. The average molecular weight is 479 g/mol. The van der Waals surface area contributed by atoms with E-state index >= 15 is 0 Å². The molecule has 0 aliphatic carbocycles. The fraction of sp³-hybridized carbons (Fsp3) is 0.111. The van der Waals surface area contributed by atoms with E-state index in [4.69, 9.17) is 9.84 Å². The van der Waals surface area contributed by atoms with Crippen molar-refractivity contribution in [1.29, 1.82) is 0 Å². The molecular weight excluding hydrogens is 465 g/mol. The van der Waals surface area contributed by atoms with Gasteiger partial charge in [0, 0.05) is 14.7 Å². The van der Waals surface area contributed by atoms with Gasteiger partial charge in [-0.1, -0.05) is 6.07 Å². The predicted octanol–water partition coefficient (Wildman–Crippen LogP) is 2.15. The molecule has 0 saturated heterocycles. The normalized spacial score (nSPS) is 13.9. The Morgan fingerprint density at radius 3 is 2.81 bits per heavy atom. The van der Waals surface area contributed by atoms with Crippen LogP contribution in [0.1, 0.15) is 21.5 Å². The Kier molecular flexibility index (Phi) is 5.40. The Morgan fingerprint density at radius 2 is 2.07 bits per heavy atom. The number of ether oxygens (including phenoxy) is 1. The topological polar surface area (TPSA) is 117 Å². The number of halogens is 1. The van der Waals surface area contributed by atoms with Crippen LogP contribution >= 0.6 is 22.6 Å². The third-order valence-corrected chi connectivity index (χ3v) is 4.54. The third kappa shape index (κ3) is 4.08. The SMILES string of the molecule is Cc1c(OCC(=O)N/N=C2\C(=O)Nc3ccc(I)cc32)cccc1C(=O)O. The number of hydrogen-bond donors (Lipinski definition) is 3. The van der Waals surface area contributed by atoms with Gasteiger partial charge in [-0.05, 0) is 59.8 Å². The summed E-state index contributed by atoms with van der Waals surface area (Å²) in [6, 6.07) is 9.96. The first kappa shape index (κ1) is 18.8. The zero-order valence-corrected chi connectivity index (χ0v) is 16.2. The van der Waals surface area contributed by atoms with E-state index in [2.05, 4.69) is 38.4 Å². The summed E-state index contributed by atoms with van der Waals surface area (Å²) in [5, 5.41) is 15.7. The quantitative estimate of drug-likeness (QED) is 0.449. The van der Waals surface area contributed by atoms with Gasteiger partial charge in [0.15, 0.2) is 12.3 Å². The Bertz CT molecular complexity index is 987. The number of carboxylic acids is 1. The van der Waals surface area contributed by atoms with Gasteiger partial charge in [0.1, 0.15) is 5.75 Å². The average Bonchev–Trinajstić information content (AvgIpc) is 2.93. The zero-order chi connectivity index (χ0) is 19.6. The minimum absolute atomic E-state index is 0.0991. The highest BCUT2D eigenvalue weighted by Gasteiger charge is 2.26. The van der Waals surface area contributed by atoms with Crippen molar-refractivity contribution in [3.05, 3.63) is 56.7 Å². The molecule has 1 aliphatic rings. The van der Waals surface area contributed by atoms with E-state index in [1.54, 1.807) is 25.1 Å². The molecule has 27 heavy (non-hydrogen) atoms. The first-order valence-corrected chi connectivity index (χ1v) is 8.88. The van der Waals surface area contributed by atoms with E-state index in [1.807, 2.05) is 6.07 Å². The maximum Gasteiger partial charge on any atom is 0.336 e. The Morgan fingerprint density at radius 1 is 1.30 bits per heavy atom. The number of carbonyl (C=O) groups is 3. The van der Waals surface area contributed by atoms with E-state index in [9.17, 15) is 14.4 Å². The number of amides is 2. The molecule has 3 N–H and O–H groups in total. The summed E-state index contributed by atoms with van der Waals surface area (Å²) >= 11 is 2.12.